The molecule has 2 fully saturated rings. The summed E-state index contributed by atoms with van der Waals surface area (Å²) >= 11 is 0. The Balaban J connectivity index is 1.46. The third-order valence-corrected chi connectivity index (χ3v) is 6.25. The first-order valence-electron chi connectivity index (χ1n) is 9.54. The molecule has 3 aromatic rings. The Morgan fingerprint density at radius 1 is 1.44 bits per heavy atom. The highest BCUT2D eigenvalue weighted by molar-refractivity contribution is 5.88. The van der Waals surface area contributed by atoms with E-state index in [0.29, 0.717) is 18.8 Å². The van der Waals surface area contributed by atoms with Gasteiger partial charge in [-0.05, 0) is 37.7 Å². The van der Waals surface area contributed by atoms with Gasteiger partial charge in [-0.1, -0.05) is 13.3 Å². The van der Waals surface area contributed by atoms with Crippen molar-refractivity contribution in [1.82, 2.24) is 29.9 Å². The molecule has 138 valence electrons. The van der Waals surface area contributed by atoms with E-state index in [0.717, 1.165) is 41.9 Å². The van der Waals surface area contributed by atoms with Crippen LogP contribution in [0.25, 0.3) is 16.8 Å². The molecule has 3 atom stereocenters. The Morgan fingerprint density at radius 3 is 3.04 bits per heavy atom. The molecule has 8 heteroatoms. The fraction of sp³-hybridized carbons (Fsp3) is 0.526. The van der Waals surface area contributed by atoms with Crippen LogP contribution >= 0.6 is 0 Å². The molecule has 3 heterocycles. The average Bonchev–Trinajstić information content (AvgIpc) is 3.00. The highest BCUT2D eigenvalue weighted by atomic mass is 16.2. The molecule has 5 rings (SSSR count). The van der Waals surface area contributed by atoms with Crippen molar-refractivity contribution < 1.29 is 4.79 Å². The predicted molar refractivity (Wildman–Crippen MR) is 97.6 cm³/mol. The van der Waals surface area contributed by atoms with Crippen molar-refractivity contribution in [3.8, 4) is 6.07 Å². The van der Waals surface area contributed by atoms with Gasteiger partial charge < -0.3 is 10.3 Å². The molecular weight excluding hydrogens is 342 g/mol. The summed E-state index contributed by atoms with van der Waals surface area (Å²) in [6, 6.07) is 4.25. The first kappa shape index (κ1) is 16.2. The van der Waals surface area contributed by atoms with Crippen molar-refractivity contribution in [3.63, 3.8) is 0 Å². The molecular formula is C19H21N7O. The summed E-state index contributed by atoms with van der Waals surface area (Å²) in [5.41, 5.74) is 1.74. The van der Waals surface area contributed by atoms with E-state index in [1.54, 1.807) is 6.20 Å². The van der Waals surface area contributed by atoms with Gasteiger partial charge in [0, 0.05) is 18.2 Å². The van der Waals surface area contributed by atoms with Crippen molar-refractivity contribution in [2.45, 2.75) is 51.0 Å². The molecule has 0 saturated heterocycles. The van der Waals surface area contributed by atoms with Gasteiger partial charge in [-0.25, -0.2) is 4.98 Å². The van der Waals surface area contributed by atoms with Gasteiger partial charge in [0.25, 0.3) is 0 Å². The van der Waals surface area contributed by atoms with Gasteiger partial charge in [-0.15, -0.1) is 10.2 Å². The van der Waals surface area contributed by atoms with Crippen molar-refractivity contribution in [3.05, 3.63) is 24.3 Å². The van der Waals surface area contributed by atoms with Crippen LogP contribution in [0.15, 0.2) is 18.5 Å². The number of nitrogens with one attached hydrogen (secondary N) is 2. The first-order valence-corrected chi connectivity index (χ1v) is 9.54. The second-order valence-corrected chi connectivity index (χ2v) is 7.83. The lowest BCUT2D eigenvalue weighted by atomic mass is 9.93. The minimum Gasteiger partial charge on any atom is -0.352 e. The van der Waals surface area contributed by atoms with Crippen LogP contribution in [0.1, 0.15) is 50.8 Å². The van der Waals surface area contributed by atoms with Gasteiger partial charge in [-0.3, -0.25) is 9.20 Å². The van der Waals surface area contributed by atoms with Gasteiger partial charge in [0.2, 0.25) is 5.91 Å². The van der Waals surface area contributed by atoms with E-state index >= 15 is 0 Å². The van der Waals surface area contributed by atoms with Crippen LogP contribution in [0, 0.1) is 22.7 Å². The number of carbonyl (C=O) groups excluding carboxylic acids is 1. The maximum absolute atomic E-state index is 12.5. The second kappa shape index (κ2) is 5.78. The van der Waals surface area contributed by atoms with E-state index in [2.05, 4.69) is 42.9 Å². The third-order valence-electron chi connectivity index (χ3n) is 6.25. The van der Waals surface area contributed by atoms with Gasteiger partial charge >= 0.3 is 0 Å². The second-order valence-electron chi connectivity index (χ2n) is 7.83. The van der Waals surface area contributed by atoms with Crippen LogP contribution in [0.5, 0.6) is 0 Å². The largest absolute Gasteiger partial charge is 0.352 e. The summed E-state index contributed by atoms with van der Waals surface area (Å²) in [6.45, 7) is 2.18. The zero-order chi connectivity index (χ0) is 18.6. The topological polar surface area (TPSA) is 112 Å². The fourth-order valence-electron chi connectivity index (χ4n) is 4.49. The number of nitriles is 1. The Hall–Kier alpha value is -2.95. The number of nitrogens with zero attached hydrogens (tertiary/aromatic N) is 5. The smallest absolute Gasteiger partial charge is 0.240 e. The van der Waals surface area contributed by atoms with Gasteiger partial charge in [0.1, 0.15) is 11.2 Å². The maximum Gasteiger partial charge on any atom is 0.240 e. The van der Waals surface area contributed by atoms with E-state index < -0.39 is 5.41 Å². The van der Waals surface area contributed by atoms with E-state index in [-0.39, 0.29) is 17.9 Å². The molecule has 0 unspecified atom stereocenters. The first-order chi connectivity index (χ1) is 13.1. The lowest BCUT2D eigenvalue weighted by molar-refractivity contribution is -0.125. The zero-order valence-electron chi connectivity index (χ0n) is 15.1. The van der Waals surface area contributed by atoms with E-state index in [4.69, 9.17) is 0 Å². The van der Waals surface area contributed by atoms with E-state index in [1.807, 2.05) is 12.3 Å². The molecule has 0 aromatic carbocycles. The van der Waals surface area contributed by atoms with Crippen LogP contribution in [-0.2, 0) is 4.79 Å². The summed E-state index contributed by atoms with van der Waals surface area (Å²) in [7, 11) is 0. The van der Waals surface area contributed by atoms with Crippen LogP contribution in [0.4, 0.5) is 0 Å². The number of hydrogen-bond acceptors (Lipinski definition) is 5. The van der Waals surface area contributed by atoms with Crippen LogP contribution in [0.3, 0.4) is 0 Å². The highest BCUT2D eigenvalue weighted by Crippen LogP contribution is 2.46. The molecule has 2 N–H and O–H groups in total. The third kappa shape index (κ3) is 2.41. The monoisotopic (exact) mass is 363 g/mol. The summed E-state index contributed by atoms with van der Waals surface area (Å²) < 4.78 is 2.08. The number of H-pyrrole nitrogens is 1. The summed E-state index contributed by atoms with van der Waals surface area (Å²) in [6.07, 6.45) is 7.69. The predicted octanol–water partition coefficient (Wildman–Crippen LogP) is 2.30. The number of amides is 1. The van der Waals surface area contributed by atoms with E-state index in [9.17, 15) is 10.1 Å². The quantitative estimate of drug-likeness (QED) is 0.739. The molecule has 8 nitrogen and oxygen atoms in total. The van der Waals surface area contributed by atoms with Crippen molar-refractivity contribution in [2.75, 3.05) is 0 Å². The van der Waals surface area contributed by atoms with Crippen LogP contribution in [-0.4, -0.2) is 36.5 Å². The number of carbonyl (C=O) groups is 1. The van der Waals surface area contributed by atoms with Crippen LogP contribution in [0.2, 0.25) is 0 Å². The lowest BCUT2D eigenvalue weighted by Crippen LogP contribution is -2.38. The minimum absolute atomic E-state index is 0.0779. The van der Waals surface area contributed by atoms with Crippen molar-refractivity contribution in [1.29, 1.82) is 5.26 Å². The maximum atomic E-state index is 12.5. The molecule has 3 aromatic heterocycles. The summed E-state index contributed by atoms with van der Waals surface area (Å²) in [4.78, 5) is 20.0. The standard InChI is InChI=1S/C19H21N7O/c1-2-11-7-12(23-18(27)19(10-20)4-5-19)8-13(11)17-25-24-15-9-22-16-14(26(15)17)3-6-21-16/h3,6,9,11-13,21H,2,4-5,7-8H2,1H3,(H,23,27)/t11-,12+,13+/m1/s1. The summed E-state index contributed by atoms with van der Waals surface area (Å²) in [5, 5.41) is 21.2. The molecule has 27 heavy (non-hydrogen) atoms. The van der Waals surface area contributed by atoms with Gasteiger partial charge in [0.05, 0.1) is 17.8 Å². The minimum atomic E-state index is -0.773. The number of aromatic amines is 1. The average molecular weight is 363 g/mol. The van der Waals surface area contributed by atoms with Crippen LogP contribution < -0.4 is 5.32 Å². The fourth-order valence-corrected chi connectivity index (χ4v) is 4.49. The summed E-state index contributed by atoms with van der Waals surface area (Å²) in [5.74, 6) is 1.46. The molecule has 1 amide bonds. The molecule has 2 saturated carbocycles. The molecule has 2 aliphatic carbocycles. The SMILES string of the molecule is CC[C@@H]1C[C@H](NC(=O)C2(C#N)CC2)C[C@@H]1c1nnc2cnc3[nH]ccc3n12. The number of aromatic nitrogens is 5. The molecule has 0 radical (unpaired) electrons. The number of hydrogen-bond donors (Lipinski definition) is 2. The number of fused-ring (bicyclic) bond motifs is 3. The van der Waals surface area contributed by atoms with Gasteiger partial charge in [0.15, 0.2) is 11.3 Å². The molecule has 0 bridgehead atoms. The normalized spacial score (nSPS) is 26.3. The molecule has 2 aliphatic rings. The zero-order valence-corrected chi connectivity index (χ0v) is 15.1. The molecule has 0 spiro atoms. The Morgan fingerprint density at radius 2 is 2.30 bits per heavy atom. The Labute approximate surface area is 156 Å². The molecule has 0 aliphatic heterocycles. The van der Waals surface area contributed by atoms with Gasteiger partial charge in [-0.2, -0.15) is 5.26 Å². The Kier molecular flexibility index (Phi) is 3.47. The van der Waals surface area contributed by atoms with Crippen molar-refractivity contribution in [2.24, 2.45) is 11.3 Å². The van der Waals surface area contributed by atoms with E-state index in [1.165, 1.54) is 0 Å². The lowest BCUT2D eigenvalue weighted by Gasteiger charge is -2.16. The number of rotatable bonds is 4. The van der Waals surface area contributed by atoms with Crippen molar-refractivity contribution >= 4 is 22.7 Å². The highest BCUT2D eigenvalue weighted by Gasteiger charge is 2.51. The Bertz CT molecular complexity index is 1070.